The molecule has 0 bridgehead atoms. The summed E-state index contributed by atoms with van der Waals surface area (Å²) < 4.78 is 26.7. The smallest absolute Gasteiger partial charge is 0.238 e. The van der Waals surface area contributed by atoms with Gasteiger partial charge in [0.05, 0.1) is 6.54 Å². The number of nitrogens with one attached hydrogen (secondary N) is 1. The van der Waals surface area contributed by atoms with Crippen molar-refractivity contribution in [1.82, 2.24) is 9.21 Å². The molecule has 166 valence electrons. The highest BCUT2D eigenvalue weighted by atomic mass is 32.2. The van der Waals surface area contributed by atoms with E-state index in [1.54, 1.807) is 6.08 Å². The lowest BCUT2D eigenvalue weighted by Gasteiger charge is -2.33. The number of anilines is 1. The molecule has 1 aliphatic heterocycles. The quantitative estimate of drug-likeness (QED) is 0.712. The van der Waals surface area contributed by atoms with Crippen molar-refractivity contribution in [3.8, 4) is 0 Å². The Morgan fingerprint density at radius 1 is 1.03 bits per heavy atom. The first kappa shape index (κ1) is 23.2. The van der Waals surface area contributed by atoms with Crippen molar-refractivity contribution >= 4 is 27.7 Å². The zero-order chi connectivity index (χ0) is 22.4. The van der Waals surface area contributed by atoms with Crippen LogP contribution in [0.25, 0.3) is 6.08 Å². The molecule has 2 aromatic carbocycles. The van der Waals surface area contributed by atoms with Crippen molar-refractivity contribution < 1.29 is 13.2 Å². The molecule has 0 aromatic heterocycles. The van der Waals surface area contributed by atoms with Crippen molar-refractivity contribution in [3.63, 3.8) is 0 Å². The Morgan fingerprint density at radius 3 is 2.35 bits per heavy atom. The fourth-order valence-electron chi connectivity index (χ4n) is 3.68. The van der Waals surface area contributed by atoms with E-state index in [2.05, 4.69) is 19.2 Å². The molecule has 0 atom stereocenters. The molecule has 0 unspecified atom stereocenters. The molecular formula is C24H31N3O3S. The molecular weight excluding hydrogens is 410 g/mol. The lowest BCUT2D eigenvalue weighted by atomic mass is 9.98. The third-order valence-electron chi connectivity index (χ3n) is 5.48. The van der Waals surface area contributed by atoms with Crippen LogP contribution in [-0.4, -0.2) is 56.3 Å². The van der Waals surface area contributed by atoms with Crippen molar-refractivity contribution in [2.75, 3.05) is 38.0 Å². The summed E-state index contributed by atoms with van der Waals surface area (Å²) in [4.78, 5) is 14.6. The number of aryl methyl sites for hydroxylation is 1. The van der Waals surface area contributed by atoms with E-state index in [-0.39, 0.29) is 12.5 Å². The number of amides is 1. The SMILES string of the molecule is Cc1cccc(C(C)C)c1NC(=O)CN1CCN(S(=O)(=O)/C=C\c2ccccc2)CC1. The molecule has 1 aliphatic rings. The van der Waals surface area contributed by atoms with Gasteiger partial charge in [0, 0.05) is 37.3 Å². The fourth-order valence-corrected chi connectivity index (χ4v) is 4.85. The zero-order valence-electron chi connectivity index (χ0n) is 18.4. The van der Waals surface area contributed by atoms with Crippen molar-refractivity contribution in [3.05, 3.63) is 70.6 Å². The topological polar surface area (TPSA) is 69.7 Å². The van der Waals surface area contributed by atoms with Gasteiger partial charge in [0.15, 0.2) is 0 Å². The standard InChI is InChI=1S/C24H31N3O3S/c1-19(2)22-11-7-8-20(3)24(22)25-23(28)18-26-13-15-27(16-14-26)31(29,30)17-12-21-9-5-4-6-10-21/h4-12,17,19H,13-16,18H2,1-3H3,(H,25,28)/b17-12-. The zero-order valence-corrected chi connectivity index (χ0v) is 19.2. The van der Waals surface area contributed by atoms with Gasteiger partial charge >= 0.3 is 0 Å². The molecule has 0 saturated carbocycles. The van der Waals surface area contributed by atoms with Crippen LogP contribution in [0.15, 0.2) is 53.9 Å². The molecule has 2 aromatic rings. The number of sulfonamides is 1. The summed E-state index contributed by atoms with van der Waals surface area (Å²) in [5.74, 6) is 0.240. The summed E-state index contributed by atoms with van der Waals surface area (Å²) in [6.07, 6.45) is 1.61. The van der Waals surface area contributed by atoms with Gasteiger partial charge < -0.3 is 5.32 Å². The maximum Gasteiger partial charge on any atom is 0.238 e. The highest BCUT2D eigenvalue weighted by molar-refractivity contribution is 7.92. The first-order valence-electron chi connectivity index (χ1n) is 10.6. The predicted molar refractivity (Wildman–Crippen MR) is 126 cm³/mol. The van der Waals surface area contributed by atoms with Crippen LogP contribution in [0.1, 0.15) is 36.5 Å². The lowest BCUT2D eigenvalue weighted by Crippen LogP contribution is -2.50. The average molecular weight is 442 g/mol. The average Bonchev–Trinajstić information content (AvgIpc) is 2.75. The van der Waals surface area contributed by atoms with Crippen LogP contribution in [0.3, 0.4) is 0 Å². The number of para-hydroxylation sites is 1. The van der Waals surface area contributed by atoms with E-state index in [9.17, 15) is 13.2 Å². The molecule has 3 rings (SSSR count). The maximum atomic E-state index is 12.6. The number of hydrogen-bond acceptors (Lipinski definition) is 4. The molecule has 6 nitrogen and oxygen atoms in total. The summed E-state index contributed by atoms with van der Waals surface area (Å²) >= 11 is 0. The first-order valence-corrected chi connectivity index (χ1v) is 12.1. The van der Waals surface area contributed by atoms with Crippen LogP contribution in [0.2, 0.25) is 0 Å². The van der Waals surface area contributed by atoms with E-state index < -0.39 is 10.0 Å². The number of benzene rings is 2. The molecule has 1 heterocycles. The normalized spacial score (nSPS) is 16.1. The van der Waals surface area contributed by atoms with Gasteiger partial charge in [-0.2, -0.15) is 4.31 Å². The molecule has 0 spiro atoms. The number of hydrogen-bond donors (Lipinski definition) is 1. The minimum absolute atomic E-state index is 0.0727. The highest BCUT2D eigenvalue weighted by Crippen LogP contribution is 2.27. The van der Waals surface area contributed by atoms with Crippen molar-refractivity contribution in [2.24, 2.45) is 0 Å². The molecule has 31 heavy (non-hydrogen) atoms. The van der Waals surface area contributed by atoms with E-state index in [0.717, 1.165) is 22.4 Å². The summed E-state index contributed by atoms with van der Waals surface area (Å²) in [5, 5.41) is 4.32. The highest BCUT2D eigenvalue weighted by Gasteiger charge is 2.26. The van der Waals surface area contributed by atoms with Crippen LogP contribution >= 0.6 is 0 Å². The summed E-state index contributed by atoms with van der Waals surface area (Å²) in [6.45, 7) is 8.25. The third-order valence-corrected chi connectivity index (χ3v) is 7.05. The largest absolute Gasteiger partial charge is 0.324 e. The van der Waals surface area contributed by atoms with Gasteiger partial charge in [-0.15, -0.1) is 0 Å². The monoisotopic (exact) mass is 441 g/mol. The predicted octanol–water partition coefficient (Wildman–Crippen LogP) is 3.68. The van der Waals surface area contributed by atoms with E-state index in [1.165, 1.54) is 9.71 Å². The molecule has 0 radical (unpaired) electrons. The number of nitrogens with zero attached hydrogens (tertiary/aromatic N) is 2. The van der Waals surface area contributed by atoms with Gasteiger partial charge in [-0.1, -0.05) is 62.4 Å². The lowest BCUT2D eigenvalue weighted by molar-refractivity contribution is -0.117. The summed E-state index contributed by atoms with van der Waals surface area (Å²) in [5.41, 5.74) is 3.89. The molecule has 7 heteroatoms. The van der Waals surface area contributed by atoms with E-state index >= 15 is 0 Å². The number of carbonyl (C=O) groups excluding carboxylic acids is 1. The van der Waals surface area contributed by atoms with Crippen LogP contribution in [0, 0.1) is 6.92 Å². The van der Waals surface area contributed by atoms with Gasteiger partial charge in [0.2, 0.25) is 15.9 Å². The minimum Gasteiger partial charge on any atom is -0.324 e. The van der Waals surface area contributed by atoms with Gasteiger partial charge in [0.1, 0.15) is 0 Å². The van der Waals surface area contributed by atoms with E-state index in [4.69, 9.17) is 0 Å². The molecule has 1 saturated heterocycles. The van der Waals surface area contributed by atoms with Crippen LogP contribution in [-0.2, 0) is 14.8 Å². The maximum absolute atomic E-state index is 12.6. The van der Waals surface area contributed by atoms with Crippen LogP contribution in [0.5, 0.6) is 0 Å². The Hall–Kier alpha value is -2.48. The summed E-state index contributed by atoms with van der Waals surface area (Å²) in [6, 6.07) is 15.4. The second-order valence-corrected chi connectivity index (χ2v) is 9.99. The molecule has 1 N–H and O–H groups in total. The van der Waals surface area contributed by atoms with Crippen LogP contribution in [0.4, 0.5) is 5.69 Å². The Labute approximate surface area is 185 Å². The Kier molecular flexibility index (Phi) is 7.64. The third kappa shape index (κ3) is 6.26. The van der Waals surface area contributed by atoms with E-state index in [0.29, 0.717) is 32.1 Å². The van der Waals surface area contributed by atoms with Gasteiger partial charge in [-0.25, -0.2) is 8.42 Å². The number of piperazine rings is 1. The van der Waals surface area contributed by atoms with Gasteiger partial charge in [-0.05, 0) is 35.6 Å². The molecule has 1 amide bonds. The van der Waals surface area contributed by atoms with Gasteiger partial charge in [0.25, 0.3) is 0 Å². The molecule has 0 aliphatic carbocycles. The van der Waals surface area contributed by atoms with Gasteiger partial charge in [-0.3, -0.25) is 9.69 Å². The number of rotatable bonds is 7. The summed E-state index contributed by atoms with van der Waals surface area (Å²) in [7, 11) is -3.48. The second kappa shape index (κ2) is 10.2. The Bertz CT molecular complexity index is 1030. The van der Waals surface area contributed by atoms with Crippen molar-refractivity contribution in [1.29, 1.82) is 0 Å². The first-order chi connectivity index (χ1) is 14.8. The Morgan fingerprint density at radius 2 is 1.71 bits per heavy atom. The van der Waals surface area contributed by atoms with Crippen molar-refractivity contribution in [2.45, 2.75) is 26.7 Å². The van der Waals surface area contributed by atoms with Crippen LogP contribution < -0.4 is 5.32 Å². The molecule has 1 fully saturated rings. The number of carbonyl (C=O) groups is 1. The Balaban J connectivity index is 1.54. The minimum atomic E-state index is -3.48. The fraction of sp³-hybridized carbons (Fsp3) is 0.375. The second-order valence-electron chi connectivity index (χ2n) is 8.18. The van der Waals surface area contributed by atoms with E-state index in [1.807, 2.05) is 60.4 Å².